The maximum absolute atomic E-state index is 5.67. The van der Waals surface area contributed by atoms with Crippen LogP contribution in [0.2, 0.25) is 0 Å². The standard InChI is InChI=1S/C52H29N5/c1-2-15-32-28-46-37(27-31(32)14-1)39-29-38-34-17-5-10-22-42(34)55-43-23-11-7-19-36(43)48(49(38)55)50(39)57(46)52-51(53-40-20-8-9-21-41(40)54-52)56-44-24-12-6-18-35(44)47-33-16-4-3-13-30(33)25-26-45(47)56/h1-29H. The SMILES string of the molecule is c1ccc2cc3c(cc2c1)c1cc2c4ccccc4n4c5ccccc5c(c1n3-c1nc3ccccc3nc1-n1c3ccccc3c3c5ccccc5ccc31)c24. The highest BCUT2D eigenvalue weighted by Gasteiger charge is 2.28. The molecular formula is C52H29N5. The van der Waals surface area contributed by atoms with E-state index in [-0.39, 0.29) is 0 Å². The van der Waals surface area contributed by atoms with E-state index >= 15 is 0 Å². The molecule has 0 spiro atoms. The van der Waals surface area contributed by atoms with Crippen molar-refractivity contribution in [1.82, 2.24) is 23.5 Å². The van der Waals surface area contributed by atoms with Crippen LogP contribution in [0.3, 0.4) is 0 Å². The van der Waals surface area contributed by atoms with Crippen molar-refractivity contribution in [2.75, 3.05) is 0 Å². The molecule has 262 valence electrons. The van der Waals surface area contributed by atoms with Crippen LogP contribution in [-0.2, 0) is 0 Å². The van der Waals surface area contributed by atoms with Gasteiger partial charge in [-0.15, -0.1) is 0 Å². The van der Waals surface area contributed by atoms with Crippen molar-refractivity contribution in [1.29, 1.82) is 0 Å². The van der Waals surface area contributed by atoms with Gasteiger partial charge in [0.25, 0.3) is 0 Å². The van der Waals surface area contributed by atoms with Crippen LogP contribution in [-0.4, -0.2) is 23.5 Å². The zero-order valence-electron chi connectivity index (χ0n) is 30.5. The molecule has 57 heavy (non-hydrogen) atoms. The van der Waals surface area contributed by atoms with E-state index in [0.29, 0.717) is 0 Å². The topological polar surface area (TPSA) is 40.1 Å². The van der Waals surface area contributed by atoms with Gasteiger partial charge in [-0.25, -0.2) is 9.97 Å². The third kappa shape index (κ3) is 3.69. The molecule has 5 heteroatoms. The van der Waals surface area contributed by atoms with Gasteiger partial charge in [-0.05, 0) is 76.1 Å². The van der Waals surface area contributed by atoms with Gasteiger partial charge in [0.15, 0.2) is 11.6 Å². The Bertz CT molecular complexity index is 4050. The lowest BCUT2D eigenvalue weighted by molar-refractivity contribution is 0.998. The highest BCUT2D eigenvalue weighted by atomic mass is 15.2. The van der Waals surface area contributed by atoms with Crippen LogP contribution in [0.25, 0.3) is 126 Å². The van der Waals surface area contributed by atoms with Gasteiger partial charge in [0.2, 0.25) is 0 Å². The van der Waals surface area contributed by atoms with Crippen molar-refractivity contribution < 1.29 is 0 Å². The first-order valence-electron chi connectivity index (χ1n) is 19.5. The Balaban J connectivity index is 1.26. The first kappa shape index (κ1) is 29.6. The van der Waals surface area contributed by atoms with Crippen LogP contribution >= 0.6 is 0 Å². The van der Waals surface area contributed by atoms with Gasteiger partial charge >= 0.3 is 0 Å². The molecule has 9 aromatic carbocycles. The summed E-state index contributed by atoms with van der Waals surface area (Å²) >= 11 is 0. The zero-order chi connectivity index (χ0) is 36.9. The van der Waals surface area contributed by atoms with Gasteiger partial charge in [-0.2, -0.15) is 0 Å². The predicted octanol–water partition coefficient (Wildman–Crippen LogP) is 13.3. The molecular weight excluding hydrogens is 695 g/mol. The summed E-state index contributed by atoms with van der Waals surface area (Å²) in [7, 11) is 0. The van der Waals surface area contributed by atoms with Gasteiger partial charge in [0.05, 0.1) is 49.7 Å². The summed E-state index contributed by atoms with van der Waals surface area (Å²) in [6.07, 6.45) is 0. The summed E-state index contributed by atoms with van der Waals surface area (Å²) in [5, 5.41) is 14.6. The largest absolute Gasteiger partial charge is 0.308 e. The van der Waals surface area contributed by atoms with Crippen molar-refractivity contribution in [3.05, 3.63) is 176 Å². The van der Waals surface area contributed by atoms with Crippen LogP contribution in [0.15, 0.2) is 176 Å². The fourth-order valence-electron chi connectivity index (χ4n) is 10.2. The van der Waals surface area contributed by atoms with Crippen molar-refractivity contribution in [3.63, 3.8) is 0 Å². The lowest BCUT2D eigenvalue weighted by Crippen LogP contribution is -2.09. The molecule has 5 heterocycles. The van der Waals surface area contributed by atoms with Crippen LogP contribution in [0.5, 0.6) is 0 Å². The third-order valence-electron chi connectivity index (χ3n) is 12.5. The molecule has 0 aliphatic heterocycles. The minimum atomic E-state index is 0.793. The number of fused-ring (bicyclic) bond motifs is 17. The highest BCUT2D eigenvalue weighted by molar-refractivity contribution is 6.34. The number of benzene rings is 9. The van der Waals surface area contributed by atoms with Crippen molar-refractivity contribution in [2.24, 2.45) is 0 Å². The summed E-state index contributed by atoms with van der Waals surface area (Å²) < 4.78 is 7.26. The molecule has 0 radical (unpaired) electrons. The van der Waals surface area contributed by atoms with E-state index in [0.717, 1.165) is 44.7 Å². The molecule has 0 bridgehead atoms. The molecule has 0 aliphatic carbocycles. The smallest absolute Gasteiger partial charge is 0.182 e. The van der Waals surface area contributed by atoms with Gasteiger partial charge in [0, 0.05) is 43.1 Å². The average Bonchev–Trinajstić information content (AvgIpc) is 3.99. The van der Waals surface area contributed by atoms with Gasteiger partial charge in [-0.1, -0.05) is 121 Å². The molecule has 5 aromatic heterocycles. The monoisotopic (exact) mass is 723 g/mol. The van der Waals surface area contributed by atoms with E-state index in [2.05, 4.69) is 189 Å². The van der Waals surface area contributed by atoms with E-state index in [9.17, 15) is 0 Å². The fraction of sp³-hybridized carbons (Fsp3) is 0. The Hall–Kier alpha value is -7.76. The quantitative estimate of drug-likeness (QED) is 0.178. The summed E-state index contributed by atoms with van der Waals surface area (Å²) in [5.74, 6) is 1.59. The number of nitrogens with zero attached hydrogens (tertiary/aromatic N) is 5. The lowest BCUT2D eigenvalue weighted by atomic mass is 10.0. The molecule has 0 fully saturated rings. The second-order valence-electron chi connectivity index (χ2n) is 15.4. The summed E-state index contributed by atoms with van der Waals surface area (Å²) in [4.78, 5) is 11.3. The van der Waals surface area contributed by atoms with Crippen LogP contribution in [0, 0.1) is 0 Å². The Kier molecular flexibility index (Phi) is 5.45. The van der Waals surface area contributed by atoms with Crippen LogP contribution in [0.1, 0.15) is 0 Å². The van der Waals surface area contributed by atoms with E-state index < -0.39 is 0 Å². The molecule has 0 amide bonds. The Morgan fingerprint density at radius 2 is 0.842 bits per heavy atom. The maximum Gasteiger partial charge on any atom is 0.182 e. The van der Waals surface area contributed by atoms with Gasteiger partial charge in [0.1, 0.15) is 0 Å². The van der Waals surface area contributed by atoms with Crippen molar-refractivity contribution in [3.8, 4) is 11.6 Å². The Morgan fingerprint density at radius 1 is 0.298 bits per heavy atom. The number of hydrogen-bond acceptors (Lipinski definition) is 2. The number of hydrogen-bond donors (Lipinski definition) is 0. The minimum absolute atomic E-state index is 0.793. The van der Waals surface area contributed by atoms with E-state index in [1.807, 2.05) is 0 Å². The van der Waals surface area contributed by atoms with Gasteiger partial charge in [-0.3, -0.25) is 9.13 Å². The van der Waals surface area contributed by atoms with Crippen LogP contribution < -0.4 is 0 Å². The molecule has 5 nitrogen and oxygen atoms in total. The number of para-hydroxylation sites is 5. The minimum Gasteiger partial charge on any atom is -0.308 e. The summed E-state index contributed by atoms with van der Waals surface area (Å²) in [5.41, 5.74) is 9.80. The molecule has 0 atom stereocenters. The first-order valence-corrected chi connectivity index (χ1v) is 19.5. The number of aromatic nitrogens is 5. The molecule has 0 saturated carbocycles. The maximum atomic E-state index is 5.67. The molecule has 0 unspecified atom stereocenters. The van der Waals surface area contributed by atoms with Crippen LogP contribution in [0.4, 0.5) is 0 Å². The van der Waals surface area contributed by atoms with E-state index in [1.54, 1.807) is 0 Å². The molecule has 0 N–H and O–H groups in total. The Labute approximate surface area is 324 Å². The predicted molar refractivity (Wildman–Crippen MR) is 238 cm³/mol. The normalized spacial score (nSPS) is 12.6. The molecule has 14 rings (SSSR count). The third-order valence-corrected chi connectivity index (χ3v) is 12.5. The Morgan fingerprint density at radius 3 is 1.60 bits per heavy atom. The van der Waals surface area contributed by atoms with Gasteiger partial charge < -0.3 is 4.40 Å². The molecule has 0 aliphatic rings. The summed E-state index contributed by atoms with van der Waals surface area (Å²) in [6, 6.07) is 63.8. The second kappa shape index (κ2) is 10.5. The fourth-order valence-corrected chi connectivity index (χ4v) is 10.2. The molecule has 0 saturated heterocycles. The molecule has 14 aromatic rings. The number of rotatable bonds is 2. The van der Waals surface area contributed by atoms with Crippen molar-refractivity contribution >= 4 is 114 Å². The lowest BCUT2D eigenvalue weighted by Gasteiger charge is -2.16. The first-order chi connectivity index (χ1) is 28.3. The van der Waals surface area contributed by atoms with Crippen molar-refractivity contribution in [2.45, 2.75) is 0 Å². The van der Waals surface area contributed by atoms with E-state index in [4.69, 9.17) is 9.97 Å². The average molecular weight is 724 g/mol. The second-order valence-corrected chi connectivity index (χ2v) is 15.4. The zero-order valence-corrected chi connectivity index (χ0v) is 30.5. The summed E-state index contributed by atoms with van der Waals surface area (Å²) in [6.45, 7) is 0. The van der Waals surface area contributed by atoms with E-state index in [1.165, 1.54) is 81.2 Å². The highest BCUT2D eigenvalue weighted by Crippen LogP contribution is 2.48.